The Morgan fingerprint density at radius 3 is 2.81 bits per heavy atom. The van der Waals surface area contributed by atoms with Gasteiger partial charge in [0.15, 0.2) is 0 Å². The third-order valence-corrected chi connectivity index (χ3v) is 7.94. The van der Waals surface area contributed by atoms with E-state index in [0.717, 1.165) is 24.2 Å². The summed E-state index contributed by atoms with van der Waals surface area (Å²) in [7, 11) is 0. The van der Waals surface area contributed by atoms with Crippen LogP contribution in [0.15, 0.2) is 11.6 Å². The molecule has 0 aromatic heterocycles. The van der Waals surface area contributed by atoms with Gasteiger partial charge in [0.2, 0.25) is 0 Å². The maximum Gasteiger partial charge on any atom is 0.130 e. The normalized spacial score (nSPS) is 52.4. The minimum atomic E-state index is -0.0562. The van der Waals surface area contributed by atoms with Crippen molar-refractivity contribution >= 4 is 6.29 Å². The van der Waals surface area contributed by atoms with Gasteiger partial charge in [-0.15, -0.1) is 0 Å². The predicted molar refractivity (Wildman–Crippen MR) is 85.9 cm³/mol. The van der Waals surface area contributed by atoms with E-state index in [9.17, 15) is 4.79 Å². The summed E-state index contributed by atoms with van der Waals surface area (Å²) in [5, 5.41) is 0. The van der Waals surface area contributed by atoms with Crippen molar-refractivity contribution in [3.8, 4) is 0 Å². The smallest absolute Gasteiger partial charge is 0.130 e. The van der Waals surface area contributed by atoms with Gasteiger partial charge in [0.1, 0.15) is 6.29 Å². The number of hydrogen-bond donors (Lipinski definition) is 0. The molecular formula is C20H30O. The van der Waals surface area contributed by atoms with Gasteiger partial charge in [0.05, 0.1) is 0 Å². The Morgan fingerprint density at radius 2 is 2.00 bits per heavy atom. The summed E-state index contributed by atoms with van der Waals surface area (Å²) in [6.07, 6.45) is 15.7. The molecule has 0 radical (unpaired) electrons. The third-order valence-electron chi connectivity index (χ3n) is 7.94. The molecule has 3 saturated carbocycles. The van der Waals surface area contributed by atoms with E-state index >= 15 is 0 Å². The molecule has 1 nitrogen and oxygen atoms in total. The molecule has 3 fully saturated rings. The van der Waals surface area contributed by atoms with Crippen LogP contribution in [0.25, 0.3) is 0 Å². The first-order valence-electron chi connectivity index (χ1n) is 9.25. The van der Waals surface area contributed by atoms with E-state index in [2.05, 4.69) is 19.9 Å². The summed E-state index contributed by atoms with van der Waals surface area (Å²) < 4.78 is 0. The SMILES string of the molecule is CC1CCC2(C=O)C(=CCC3C4CCCC4(C)CCC32)C1. The second-order valence-corrected chi connectivity index (χ2v) is 8.93. The molecule has 0 aliphatic heterocycles. The molecule has 0 amide bonds. The number of aldehydes is 1. The maximum atomic E-state index is 12.2. The molecule has 4 rings (SSSR count). The zero-order chi connectivity index (χ0) is 14.7. The lowest BCUT2D eigenvalue weighted by molar-refractivity contribution is -0.124. The molecule has 6 unspecified atom stereocenters. The highest BCUT2D eigenvalue weighted by Gasteiger charge is 2.57. The summed E-state index contributed by atoms with van der Waals surface area (Å²) in [4.78, 5) is 12.2. The molecular weight excluding hydrogens is 256 g/mol. The number of fused-ring (bicyclic) bond motifs is 5. The molecule has 0 aromatic rings. The third kappa shape index (κ3) is 1.85. The Kier molecular flexibility index (Phi) is 3.14. The van der Waals surface area contributed by atoms with E-state index in [1.54, 1.807) is 0 Å². The highest BCUT2D eigenvalue weighted by molar-refractivity contribution is 5.67. The van der Waals surface area contributed by atoms with Gasteiger partial charge in [-0.25, -0.2) is 0 Å². The van der Waals surface area contributed by atoms with Crippen molar-refractivity contribution in [1.82, 2.24) is 0 Å². The van der Waals surface area contributed by atoms with Crippen LogP contribution in [0.4, 0.5) is 0 Å². The van der Waals surface area contributed by atoms with Crippen molar-refractivity contribution in [3.05, 3.63) is 11.6 Å². The standard InChI is InChI=1S/C20H30O/c1-14-7-11-20(13-21)15(12-14)5-6-16-17-4-3-9-19(17,2)10-8-18(16)20/h5,13-14,16-18H,3-4,6-12H2,1-2H3. The number of allylic oxidation sites excluding steroid dienone is 2. The first-order chi connectivity index (χ1) is 10.1. The van der Waals surface area contributed by atoms with Crippen LogP contribution in [0, 0.1) is 34.5 Å². The first kappa shape index (κ1) is 14.0. The molecule has 4 aliphatic carbocycles. The largest absolute Gasteiger partial charge is 0.302 e. The topological polar surface area (TPSA) is 17.1 Å². The number of carbonyl (C=O) groups excluding carboxylic acids is 1. The zero-order valence-electron chi connectivity index (χ0n) is 13.7. The molecule has 0 heterocycles. The number of rotatable bonds is 1. The summed E-state index contributed by atoms with van der Waals surface area (Å²) in [5.74, 6) is 3.14. The van der Waals surface area contributed by atoms with Crippen molar-refractivity contribution in [2.75, 3.05) is 0 Å². The number of hydrogen-bond acceptors (Lipinski definition) is 1. The molecule has 0 saturated heterocycles. The average Bonchev–Trinajstić information content (AvgIpc) is 2.88. The fourth-order valence-corrected chi connectivity index (χ4v) is 6.76. The summed E-state index contributed by atoms with van der Waals surface area (Å²) >= 11 is 0. The minimum absolute atomic E-state index is 0.0562. The van der Waals surface area contributed by atoms with E-state index in [4.69, 9.17) is 0 Å². The van der Waals surface area contributed by atoms with E-state index < -0.39 is 0 Å². The Balaban J connectivity index is 1.72. The van der Waals surface area contributed by atoms with E-state index in [0.29, 0.717) is 11.3 Å². The lowest BCUT2D eigenvalue weighted by atomic mass is 9.47. The van der Waals surface area contributed by atoms with Crippen LogP contribution in [0.2, 0.25) is 0 Å². The molecule has 0 bridgehead atoms. The lowest BCUT2D eigenvalue weighted by Gasteiger charge is -2.56. The van der Waals surface area contributed by atoms with Crippen LogP contribution in [0.5, 0.6) is 0 Å². The van der Waals surface area contributed by atoms with Crippen LogP contribution in [0.3, 0.4) is 0 Å². The second-order valence-electron chi connectivity index (χ2n) is 8.93. The van der Waals surface area contributed by atoms with Crippen molar-refractivity contribution in [2.45, 2.75) is 71.6 Å². The predicted octanol–water partition coefficient (Wildman–Crippen LogP) is 5.15. The summed E-state index contributed by atoms with van der Waals surface area (Å²) in [5.41, 5.74) is 2.07. The second kappa shape index (κ2) is 4.70. The highest BCUT2D eigenvalue weighted by Crippen LogP contribution is 2.64. The Morgan fingerprint density at radius 1 is 1.14 bits per heavy atom. The van der Waals surface area contributed by atoms with Crippen LogP contribution in [-0.4, -0.2) is 6.29 Å². The van der Waals surface area contributed by atoms with Crippen LogP contribution >= 0.6 is 0 Å². The Bertz CT molecular complexity index is 478. The molecule has 0 N–H and O–H groups in total. The van der Waals surface area contributed by atoms with Gasteiger partial charge < -0.3 is 4.79 Å². The fraction of sp³-hybridized carbons (Fsp3) is 0.850. The van der Waals surface area contributed by atoms with Gasteiger partial charge in [-0.2, -0.15) is 0 Å². The highest BCUT2D eigenvalue weighted by atomic mass is 16.1. The van der Waals surface area contributed by atoms with Gasteiger partial charge in [-0.05, 0) is 80.5 Å². The van der Waals surface area contributed by atoms with Gasteiger partial charge in [0.25, 0.3) is 0 Å². The molecule has 0 aromatic carbocycles. The molecule has 6 atom stereocenters. The van der Waals surface area contributed by atoms with Gasteiger partial charge in [0, 0.05) is 5.41 Å². The minimum Gasteiger partial charge on any atom is -0.302 e. The first-order valence-corrected chi connectivity index (χ1v) is 9.25. The molecule has 1 heteroatoms. The number of carbonyl (C=O) groups is 1. The van der Waals surface area contributed by atoms with Crippen molar-refractivity contribution in [2.24, 2.45) is 34.5 Å². The summed E-state index contributed by atoms with van der Waals surface area (Å²) in [6.45, 7) is 4.90. The van der Waals surface area contributed by atoms with Crippen LogP contribution in [-0.2, 0) is 4.79 Å². The molecule has 0 spiro atoms. The molecule has 21 heavy (non-hydrogen) atoms. The molecule has 116 valence electrons. The van der Waals surface area contributed by atoms with E-state index in [1.807, 2.05) is 0 Å². The van der Waals surface area contributed by atoms with Crippen LogP contribution < -0.4 is 0 Å². The van der Waals surface area contributed by atoms with E-state index in [1.165, 1.54) is 63.2 Å². The lowest BCUT2D eigenvalue weighted by Crippen LogP contribution is -2.50. The van der Waals surface area contributed by atoms with Crippen molar-refractivity contribution < 1.29 is 4.79 Å². The monoisotopic (exact) mass is 286 g/mol. The van der Waals surface area contributed by atoms with Gasteiger partial charge in [-0.1, -0.05) is 31.9 Å². The van der Waals surface area contributed by atoms with Crippen LogP contribution in [0.1, 0.15) is 71.6 Å². The Labute approximate surface area is 129 Å². The van der Waals surface area contributed by atoms with Gasteiger partial charge >= 0.3 is 0 Å². The fourth-order valence-electron chi connectivity index (χ4n) is 6.76. The van der Waals surface area contributed by atoms with E-state index in [-0.39, 0.29) is 5.41 Å². The van der Waals surface area contributed by atoms with Gasteiger partial charge in [-0.3, -0.25) is 0 Å². The van der Waals surface area contributed by atoms with Crippen molar-refractivity contribution in [1.29, 1.82) is 0 Å². The molecule has 4 aliphatic rings. The van der Waals surface area contributed by atoms with Crippen molar-refractivity contribution in [3.63, 3.8) is 0 Å². The maximum absolute atomic E-state index is 12.2. The zero-order valence-corrected chi connectivity index (χ0v) is 13.7. The summed E-state index contributed by atoms with van der Waals surface area (Å²) in [6, 6.07) is 0. The average molecular weight is 286 g/mol. The Hall–Kier alpha value is -0.590. The quantitative estimate of drug-likeness (QED) is 0.481.